The Morgan fingerprint density at radius 1 is 1.14 bits per heavy atom. The van der Waals surface area contributed by atoms with Crippen LogP contribution in [0.3, 0.4) is 0 Å². The third-order valence-electron chi connectivity index (χ3n) is 4.67. The van der Waals surface area contributed by atoms with Gasteiger partial charge >= 0.3 is 0 Å². The van der Waals surface area contributed by atoms with E-state index < -0.39 is 0 Å². The highest BCUT2D eigenvalue weighted by Gasteiger charge is 2.33. The van der Waals surface area contributed by atoms with Crippen molar-refractivity contribution in [3.8, 4) is 0 Å². The van der Waals surface area contributed by atoms with Gasteiger partial charge in [0.1, 0.15) is 0 Å². The van der Waals surface area contributed by atoms with E-state index in [-0.39, 0.29) is 0 Å². The maximum Gasteiger partial charge on any atom is 0.236 e. The molecule has 0 aromatic carbocycles. The number of amides is 1. The van der Waals surface area contributed by atoms with Gasteiger partial charge in [0.05, 0.1) is 6.54 Å². The van der Waals surface area contributed by atoms with Crippen LogP contribution in [0.2, 0.25) is 0 Å². The first-order chi connectivity index (χ1) is 9.95. The molecular formula is C17H33N3O. The van der Waals surface area contributed by atoms with Crippen LogP contribution in [0.5, 0.6) is 0 Å². The predicted molar refractivity (Wildman–Crippen MR) is 87.2 cm³/mol. The minimum Gasteiger partial charge on any atom is -0.341 e. The molecule has 0 radical (unpaired) electrons. The number of nitrogens with one attached hydrogen (secondary N) is 1. The number of nitrogens with zero attached hydrogens (tertiary/aromatic N) is 2. The molecule has 21 heavy (non-hydrogen) atoms. The van der Waals surface area contributed by atoms with Crippen molar-refractivity contribution in [3.05, 3.63) is 0 Å². The summed E-state index contributed by atoms with van der Waals surface area (Å²) in [6.45, 7) is 15.7. The highest BCUT2D eigenvalue weighted by Crippen LogP contribution is 2.26. The van der Waals surface area contributed by atoms with Gasteiger partial charge in [0.25, 0.3) is 0 Å². The zero-order valence-corrected chi connectivity index (χ0v) is 14.3. The Labute approximate surface area is 130 Å². The van der Waals surface area contributed by atoms with Gasteiger partial charge in [0.15, 0.2) is 0 Å². The Morgan fingerprint density at radius 2 is 1.76 bits per heavy atom. The topological polar surface area (TPSA) is 35.6 Å². The van der Waals surface area contributed by atoms with Crippen molar-refractivity contribution in [2.75, 3.05) is 45.8 Å². The summed E-state index contributed by atoms with van der Waals surface area (Å²) in [6.07, 6.45) is 1.25. The molecule has 1 N–H and O–H groups in total. The Balaban J connectivity index is 1.85. The zero-order chi connectivity index (χ0) is 15.4. The van der Waals surface area contributed by atoms with Crippen LogP contribution in [0.15, 0.2) is 0 Å². The summed E-state index contributed by atoms with van der Waals surface area (Å²) in [6, 6.07) is 0. The maximum absolute atomic E-state index is 12.6. The van der Waals surface area contributed by atoms with E-state index in [9.17, 15) is 4.79 Å². The van der Waals surface area contributed by atoms with Gasteiger partial charge in [-0.05, 0) is 49.7 Å². The summed E-state index contributed by atoms with van der Waals surface area (Å²) in [5, 5.41) is 3.49. The summed E-state index contributed by atoms with van der Waals surface area (Å²) < 4.78 is 0. The Hall–Kier alpha value is -0.610. The number of fused-ring (bicyclic) bond motifs is 1. The lowest BCUT2D eigenvalue weighted by Crippen LogP contribution is -2.47. The fourth-order valence-electron chi connectivity index (χ4n) is 3.70. The number of likely N-dealkylation sites (tertiary alicyclic amines) is 1. The van der Waals surface area contributed by atoms with Crippen molar-refractivity contribution in [2.24, 2.45) is 23.7 Å². The number of carbonyl (C=O) groups is 1. The summed E-state index contributed by atoms with van der Waals surface area (Å²) in [5.74, 6) is 3.01. The number of carbonyl (C=O) groups excluding carboxylic acids is 1. The van der Waals surface area contributed by atoms with Crippen LogP contribution in [-0.4, -0.2) is 61.5 Å². The SMILES string of the molecule is CC(C)CN(CC(C)C)C(=O)CN1CCC2CNCC2C1. The quantitative estimate of drug-likeness (QED) is 0.809. The van der Waals surface area contributed by atoms with E-state index in [0.29, 0.717) is 24.3 Å². The van der Waals surface area contributed by atoms with Gasteiger partial charge in [-0.15, -0.1) is 0 Å². The van der Waals surface area contributed by atoms with Crippen molar-refractivity contribution in [3.63, 3.8) is 0 Å². The molecule has 0 saturated carbocycles. The van der Waals surface area contributed by atoms with Crippen LogP contribution >= 0.6 is 0 Å². The zero-order valence-electron chi connectivity index (χ0n) is 14.3. The van der Waals surface area contributed by atoms with E-state index in [1.165, 1.54) is 13.0 Å². The van der Waals surface area contributed by atoms with Crippen LogP contribution in [0, 0.1) is 23.7 Å². The summed E-state index contributed by atoms with van der Waals surface area (Å²) in [5.41, 5.74) is 0. The van der Waals surface area contributed by atoms with Crippen LogP contribution < -0.4 is 5.32 Å². The van der Waals surface area contributed by atoms with E-state index >= 15 is 0 Å². The van der Waals surface area contributed by atoms with E-state index in [2.05, 4.69) is 42.8 Å². The van der Waals surface area contributed by atoms with E-state index in [1.807, 2.05) is 0 Å². The van der Waals surface area contributed by atoms with Crippen LogP contribution in [0.4, 0.5) is 0 Å². The average Bonchev–Trinajstić information content (AvgIpc) is 2.84. The van der Waals surface area contributed by atoms with Crippen LogP contribution in [-0.2, 0) is 4.79 Å². The van der Waals surface area contributed by atoms with E-state index in [0.717, 1.165) is 44.6 Å². The molecule has 2 heterocycles. The smallest absolute Gasteiger partial charge is 0.236 e. The molecule has 0 aliphatic carbocycles. The fraction of sp³-hybridized carbons (Fsp3) is 0.941. The lowest BCUT2D eigenvalue weighted by molar-refractivity contribution is -0.134. The van der Waals surface area contributed by atoms with Gasteiger partial charge in [-0.3, -0.25) is 9.69 Å². The Morgan fingerprint density at radius 3 is 2.38 bits per heavy atom. The number of piperidine rings is 1. The first-order valence-corrected chi connectivity index (χ1v) is 8.66. The van der Waals surface area contributed by atoms with Gasteiger partial charge in [-0.1, -0.05) is 27.7 Å². The minimum absolute atomic E-state index is 0.321. The van der Waals surface area contributed by atoms with E-state index in [1.54, 1.807) is 0 Å². The molecule has 0 spiro atoms. The second-order valence-corrected chi connectivity index (χ2v) is 7.79. The minimum atomic E-state index is 0.321. The molecule has 1 amide bonds. The molecule has 2 unspecified atom stereocenters. The molecule has 4 heteroatoms. The molecule has 2 rings (SSSR count). The molecule has 0 bridgehead atoms. The normalized spacial score (nSPS) is 26.4. The molecular weight excluding hydrogens is 262 g/mol. The third-order valence-corrected chi connectivity index (χ3v) is 4.67. The standard InChI is InChI=1S/C17H33N3O/c1-13(2)9-20(10-14(3)4)17(21)12-19-6-5-15-7-18-8-16(15)11-19/h13-16,18H,5-12H2,1-4H3. The molecule has 2 aliphatic rings. The molecule has 122 valence electrons. The number of rotatable bonds is 6. The highest BCUT2D eigenvalue weighted by atomic mass is 16.2. The van der Waals surface area contributed by atoms with Gasteiger partial charge in [0, 0.05) is 19.6 Å². The second-order valence-electron chi connectivity index (χ2n) is 7.79. The first kappa shape index (κ1) is 16.8. The molecule has 2 aliphatic heterocycles. The van der Waals surface area contributed by atoms with E-state index in [4.69, 9.17) is 0 Å². The molecule has 2 saturated heterocycles. The summed E-state index contributed by atoms with van der Waals surface area (Å²) in [7, 11) is 0. The van der Waals surface area contributed by atoms with Gasteiger partial charge in [-0.25, -0.2) is 0 Å². The van der Waals surface area contributed by atoms with Crippen molar-refractivity contribution in [2.45, 2.75) is 34.1 Å². The van der Waals surface area contributed by atoms with Gasteiger partial charge in [0.2, 0.25) is 5.91 Å². The molecule has 4 nitrogen and oxygen atoms in total. The number of hydrogen-bond acceptors (Lipinski definition) is 3. The van der Waals surface area contributed by atoms with Crippen molar-refractivity contribution < 1.29 is 4.79 Å². The summed E-state index contributed by atoms with van der Waals surface area (Å²) >= 11 is 0. The molecule has 0 aromatic heterocycles. The predicted octanol–water partition coefficient (Wildman–Crippen LogP) is 1.67. The lowest BCUT2D eigenvalue weighted by Gasteiger charge is -2.36. The Kier molecular flexibility index (Phi) is 6.06. The third kappa shape index (κ3) is 4.96. The van der Waals surface area contributed by atoms with Gasteiger partial charge in [-0.2, -0.15) is 0 Å². The largest absolute Gasteiger partial charge is 0.341 e. The van der Waals surface area contributed by atoms with Crippen molar-refractivity contribution in [1.29, 1.82) is 0 Å². The second kappa shape index (κ2) is 7.59. The molecule has 2 fully saturated rings. The highest BCUT2D eigenvalue weighted by molar-refractivity contribution is 5.78. The average molecular weight is 295 g/mol. The lowest BCUT2D eigenvalue weighted by atomic mass is 9.89. The first-order valence-electron chi connectivity index (χ1n) is 8.66. The van der Waals surface area contributed by atoms with Gasteiger partial charge < -0.3 is 10.2 Å². The fourth-order valence-corrected chi connectivity index (χ4v) is 3.70. The monoisotopic (exact) mass is 295 g/mol. The van der Waals surface area contributed by atoms with Crippen molar-refractivity contribution >= 4 is 5.91 Å². The van der Waals surface area contributed by atoms with Crippen molar-refractivity contribution in [1.82, 2.24) is 15.1 Å². The number of hydrogen-bond donors (Lipinski definition) is 1. The molecule has 2 atom stereocenters. The summed E-state index contributed by atoms with van der Waals surface area (Å²) in [4.78, 5) is 17.1. The Bertz CT molecular complexity index is 333. The van der Waals surface area contributed by atoms with Crippen LogP contribution in [0.1, 0.15) is 34.1 Å². The maximum atomic E-state index is 12.6. The van der Waals surface area contributed by atoms with Crippen LogP contribution in [0.25, 0.3) is 0 Å². The molecule has 0 aromatic rings.